The van der Waals surface area contributed by atoms with E-state index >= 15 is 0 Å². The Bertz CT molecular complexity index is 1280. The van der Waals surface area contributed by atoms with Crippen molar-refractivity contribution in [3.05, 3.63) is 54.1 Å². The van der Waals surface area contributed by atoms with Crippen molar-refractivity contribution in [2.24, 2.45) is 18.7 Å². The summed E-state index contributed by atoms with van der Waals surface area (Å²) in [6.07, 6.45) is 0.949. The summed E-state index contributed by atoms with van der Waals surface area (Å²) in [4.78, 5) is 19.9. The van der Waals surface area contributed by atoms with Gasteiger partial charge in [-0.05, 0) is 49.6 Å². The molecule has 1 saturated heterocycles. The van der Waals surface area contributed by atoms with Crippen molar-refractivity contribution in [2.75, 3.05) is 13.1 Å². The number of nitrogens with zero attached hydrogens (tertiary/aromatic N) is 4. The maximum atomic E-state index is 13.1. The van der Waals surface area contributed by atoms with Crippen LogP contribution in [0.5, 0.6) is 0 Å². The lowest BCUT2D eigenvalue weighted by Crippen LogP contribution is -2.49. The van der Waals surface area contributed by atoms with E-state index in [1.807, 2.05) is 30.1 Å². The van der Waals surface area contributed by atoms with Gasteiger partial charge in [-0.25, -0.2) is 4.98 Å². The molecule has 31 heavy (non-hydrogen) atoms. The molecule has 2 aromatic heterocycles. The minimum atomic E-state index is 0.0406. The number of imidazole rings is 1. The van der Waals surface area contributed by atoms with Crippen LogP contribution in [0, 0.1) is 5.92 Å². The molecule has 1 amide bonds. The van der Waals surface area contributed by atoms with Crippen LogP contribution < -0.4 is 5.73 Å². The molecule has 4 aromatic rings. The van der Waals surface area contributed by atoms with Gasteiger partial charge in [0.1, 0.15) is 0 Å². The van der Waals surface area contributed by atoms with Gasteiger partial charge in [-0.15, -0.1) is 0 Å². The van der Waals surface area contributed by atoms with Gasteiger partial charge in [-0.2, -0.15) is 0 Å². The summed E-state index contributed by atoms with van der Waals surface area (Å²) in [5.74, 6) is 1.40. The van der Waals surface area contributed by atoms with Gasteiger partial charge in [0, 0.05) is 49.2 Å². The summed E-state index contributed by atoms with van der Waals surface area (Å²) < 4.78 is 4.40. The third-order valence-electron chi connectivity index (χ3n) is 6.79. The largest absolute Gasteiger partial charge is 0.338 e. The quantitative estimate of drug-likeness (QED) is 0.549. The Hall–Kier alpha value is -3.12. The molecule has 6 nitrogen and oxygen atoms in total. The summed E-state index contributed by atoms with van der Waals surface area (Å²) >= 11 is 0. The summed E-state index contributed by atoms with van der Waals surface area (Å²) in [7, 11) is 2.04. The smallest absolute Gasteiger partial charge is 0.253 e. The fourth-order valence-corrected chi connectivity index (χ4v) is 4.76. The molecule has 1 fully saturated rings. The maximum absolute atomic E-state index is 13.1. The van der Waals surface area contributed by atoms with Crippen LogP contribution in [0.25, 0.3) is 33.5 Å². The Kier molecular flexibility index (Phi) is 4.82. The van der Waals surface area contributed by atoms with Crippen molar-refractivity contribution in [1.29, 1.82) is 0 Å². The molecular formula is C25H29N5O. The molecule has 3 heterocycles. The zero-order valence-corrected chi connectivity index (χ0v) is 18.4. The highest BCUT2D eigenvalue weighted by Crippen LogP contribution is 2.30. The SMILES string of the molecule is CCn1c(-c2nc3cc(C(=O)N4CC[C@@H](C)C(N)C4)ccc3n2C)cc2ccccc21. The van der Waals surface area contributed by atoms with Gasteiger partial charge in [0.2, 0.25) is 0 Å². The number of fused-ring (bicyclic) bond motifs is 2. The van der Waals surface area contributed by atoms with E-state index < -0.39 is 0 Å². The number of para-hydroxylation sites is 1. The molecule has 0 aliphatic carbocycles. The van der Waals surface area contributed by atoms with Crippen molar-refractivity contribution < 1.29 is 4.79 Å². The number of likely N-dealkylation sites (tertiary alicyclic amines) is 1. The average Bonchev–Trinajstić information content (AvgIpc) is 3.32. The van der Waals surface area contributed by atoms with Crippen molar-refractivity contribution in [3.63, 3.8) is 0 Å². The third kappa shape index (κ3) is 3.22. The van der Waals surface area contributed by atoms with Crippen LogP contribution in [-0.4, -0.2) is 44.1 Å². The molecule has 2 aromatic carbocycles. The lowest BCUT2D eigenvalue weighted by Gasteiger charge is -2.35. The molecule has 0 bridgehead atoms. The normalized spacial score (nSPS) is 19.4. The van der Waals surface area contributed by atoms with Crippen LogP contribution in [-0.2, 0) is 13.6 Å². The van der Waals surface area contributed by atoms with E-state index in [9.17, 15) is 4.79 Å². The third-order valence-corrected chi connectivity index (χ3v) is 6.79. The van der Waals surface area contributed by atoms with Gasteiger partial charge in [-0.3, -0.25) is 4.79 Å². The molecule has 1 unspecified atom stereocenters. The van der Waals surface area contributed by atoms with Crippen molar-refractivity contribution in [2.45, 2.75) is 32.9 Å². The number of aryl methyl sites for hydroxylation is 2. The van der Waals surface area contributed by atoms with Crippen molar-refractivity contribution in [3.8, 4) is 11.5 Å². The summed E-state index contributed by atoms with van der Waals surface area (Å²) in [5, 5.41) is 1.21. The van der Waals surface area contributed by atoms with Gasteiger partial charge in [0.05, 0.1) is 16.7 Å². The van der Waals surface area contributed by atoms with Gasteiger partial charge < -0.3 is 19.8 Å². The highest BCUT2D eigenvalue weighted by atomic mass is 16.2. The highest BCUT2D eigenvalue weighted by molar-refractivity contribution is 5.98. The molecular weight excluding hydrogens is 386 g/mol. The number of amides is 1. The Morgan fingerprint density at radius 2 is 1.97 bits per heavy atom. The maximum Gasteiger partial charge on any atom is 0.253 e. The van der Waals surface area contributed by atoms with Gasteiger partial charge >= 0.3 is 0 Å². The molecule has 160 valence electrons. The van der Waals surface area contributed by atoms with Gasteiger partial charge in [0.15, 0.2) is 5.82 Å². The molecule has 1 aliphatic rings. The number of aromatic nitrogens is 3. The fourth-order valence-electron chi connectivity index (χ4n) is 4.76. The first-order valence-corrected chi connectivity index (χ1v) is 11.1. The Morgan fingerprint density at radius 3 is 2.74 bits per heavy atom. The van der Waals surface area contributed by atoms with E-state index in [0.717, 1.165) is 42.1 Å². The first-order valence-electron chi connectivity index (χ1n) is 11.1. The molecule has 2 atom stereocenters. The van der Waals surface area contributed by atoms with Gasteiger partial charge in [0.25, 0.3) is 5.91 Å². The Balaban J connectivity index is 1.54. The number of benzene rings is 2. The molecule has 0 spiro atoms. The van der Waals surface area contributed by atoms with E-state index in [1.54, 1.807) is 0 Å². The number of piperidine rings is 1. The topological polar surface area (TPSA) is 69.1 Å². The first-order chi connectivity index (χ1) is 15.0. The van der Waals surface area contributed by atoms with Crippen LogP contribution in [0.2, 0.25) is 0 Å². The zero-order valence-electron chi connectivity index (χ0n) is 18.4. The number of rotatable bonds is 3. The van der Waals surface area contributed by atoms with E-state index in [0.29, 0.717) is 18.0 Å². The number of carbonyl (C=O) groups excluding carboxylic acids is 1. The summed E-state index contributed by atoms with van der Waals surface area (Å²) in [5.41, 5.74) is 11.0. The molecule has 2 N–H and O–H groups in total. The monoisotopic (exact) mass is 415 g/mol. The number of carbonyl (C=O) groups is 1. The van der Waals surface area contributed by atoms with Gasteiger partial charge in [-0.1, -0.05) is 25.1 Å². The minimum absolute atomic E-state index is 0.0406. The summed E-state index contributed by atoms with van der Waals surface area (Å²) in [6, 6.07) is 16.5. The predicted octanol–water partition coefficient (Wildman–Crippen LogP) is 4.02. The van der Waals surface area contributed by atoms with E-state index in [1.165, 1.54) is 10.9 Å². The Morgan fingerprint density at radius 1 is 1.16 bits per heavy atom. The fraction of sp³-hybridized carbons (Fsp3) is 0.360. The molecule has 6 heteroatoms. The van der Waals surface area contributed by atoms with Crippen LogP contribution in [0.1, 0.15) is 30.6 Å². The van der Waals surface area contributed by atoms with Crippen molar-refractivity contribution in [1.82, 2.24) is 19.0 Å². The lowest BCUT2D eigenvalue weighted by atomic mass is 9.94. The molecule has 5 rings (SSSR count). The second kappa shape index (κ2) is 7.54. The number of hydrogen-bond acceptors (Lipinski definition) is 3. The van der Waals surface area contributed by atoms with Crippen molar-refractivity contribution >= 4 is 27.8 Å². The van der Waals surface area contributed by atoms with Crippen LogP contribution in [0.4, 0.5) is 0 Å². The molecule has 0 radical (unpaired) electrons. The van der Waals surface area contributed by atoms with E-state index in [-0.39, 0.29) is 11.9 Å². The predicted molar refractivity (Wildman–Crippen MR) is 125 cm³/mol. The zero-order chi connectivity index (χ0) is 21.7. The minimum Gasteiger partial charge on any atom is -0.338 e. The van der Waals surface area contributed by atoms with E-state index in [2.05, 4.69) is 53.3 Å². The van der Waals surface area contributed by atoms with E-state index in [4.69, 9.17) is 10.7 Å². The molecule has 0 saturated carbocycles. The second-order valence-corrected chi connectivity index (χ2v) is 8.71. The highest BCUT2D eigenvalue weighted by Gasteiger charge is 2.27. The Labute approximate surface area is 182 Å². The average molecular weight is 416 g/mol. The molecule has 1 aliphatic heterocycles. The standard InChI is InChI=1S/C25H29N5O/c1-4-30-21-8-6-5-7-17(21)14-23(30)24-27-20-13-18(9-10-22(20)28(24)3)25(31)29-12-11-16(2)19(26)15-29/h5-10,13-14,16,19H,4,11-12,15,26H2,1-3H3/t16-,19?/m1/s1. The number of nitrogens with two attached hydrogens (primary N) is 1. The van der Waals surface area contributed by atoms with Crippen LogP contribution >= 0.6 is 0 Å². The first kappa shape index (κ1) is 19.8. The number of hydrogen-bond donors (Lipinski definition) is 1. The van der Waals surface area contributed by atoms with Crippen LogP contribution in [0.15, 0.2) is 48.5 Å². The summed E-state index contributed by atoms with van der Waals surface area (Å²) in [6.45, 7) is 6.55. The second-order valence-electron chi connectivity index (χ2n) is 8.71. The van der Waals surface area contributed by atoms with Crippen LogP contribution in [0.3, 0.4) is 0 Å². The lowest BCUT2D eigenvalue weighted by molar-refractivity contribution is 0.0672.